The number of carbonyl (C=O) groups is 1. The van der Waals surface area contributed by atoms with Crippen LogP contribution < -0.4 is 0 Å². The second kappa shape index (κ2) is 5.19. The highest BCUT2D eigenvalue weighted by Gasteiger charge is 2.39. The summed E-state index contributed by atoms with van der Waals surface area (Å²) in [5, 5.41) is 8.83. The molecule has 2 N–H and O–H groups in total. The lowest BCUT2D eigenvalue weighted by Crippen LogP contribution is -2.51. The van der Waals surface area contributed by atoms with E-state index in [1.807, 2.05) is 0 Å². The number of aliphatic carboxylic acids is 1. The molecule has 112 valence electrons. The zero-order valence-electron chi connectivity index (χ0n) is 10.4. The molecule has 0 radical (unpaired) electrons. The van der Waals surface area contributed by atoms with E-state index in [4.69, 9.17) is 5.11 Å². The smallest absolute Gasteiger partial charge is 0.305 e. The number of carboxylic acid groups (broad SMARTS) is 1. The first-order valence-electron chi connectivity index (χ1n) is 5.79. The Bertz CT molecular complexity index is 692. The van der Waals surface area contributed by atoms with Crippen LogP contribution in [0.25, 0.3) is 0 Å². The third-order valence-electron chi connectivity index (χ3n) is 3.06. The number of hydrogen-bond acceptors (Lipinski definition) is 5. The minimum atomic E-state index is -3.89. The van der Waals surface area contributed by atoms with Gasteiger partial charge in [0.1, 0.15) is 0 Å². The van der Waals surface area contributed by atoms with Gasteiger partial charge < -0.3 is 10.1 Å². The number of hydrogen-bond donors (Lipinski definition) is 2. The fourth-order valence-electron chi connectivity index (χ4n) is 2.15. The van der Waals surface area contributed by atoms with Crippen LogP contribution in [0, 0.1) is 0 Å². The number of rotatable bonds is 4. The number of sulfonamides is 1. The molecule has 8 nitrogen and oxygen atoms in total. The van der Waals surface area contributed by atoms with Gasteiger partial charge in [-0.25, -0.2) is 16.8 Å². The number of aromatic amines is 1. The first kappa shape index (κ1) is 15.0. The Morgan fingerprint density at radius 3 is 2.75 bits per heavy atom. The highest BCUT2D eigenvalue weighted by atomic mass is 32.2. The molecule has 1 aromatic rings. The zero-order valence-corrected chi connectivity index (χ0v) is 12.0. The average Bonchev–Trinajstić information content (AvgIpc) is 2.79. The highest BCUT2D eigenvalue weighted by Crippen LogP contribution is 2.23. The van der Waals surface area contributed by atoms with E-state index in [1.165, 1.54) is 18.5 Å². The minimum Gasteiger partial charge on any atom is -0.481 e. The zero-order chi connectivity index (χ0) is 15.0. The van der Waals surface area contributed by atoms with Gasteiger partial charge in [-0.1, -0.05) is 0 Å². The summed E-state index contributed by atoms with van der Waals surface area (Å²) < 4.78 is 48.9. The Morgan fingerprint density at radius 2 is 2.20 bits per heavy atom. The molecule has 2 heterocycles. The quantitative estimate of drug-likeness (QED) is 0.753. The summed E-state index contributed by atoms with van der Waals surface area (Å²) in [5.74, 6) is -2.00. The van der Waals surface area contributed by atoms with Crippen molar-refractivity contribution in [2.45, 2.75) is 17.4 Å². The minimum absolute atomic E-state index is 0.00723. The van der Waals surface area contributed by atoms with E-state index >= 15 is 0 Å². The van der Waals surface area contributed by atoms with E-state index in [-0.39, 0.29) is 17.2 Å². The summed E-state index contributed by atoms with van der Waals surface area (Å²) in [6.45, 7) is -0.228. The van der Waals surface area contributed by atoms with Crippen LogP contribution in [0.1, 0.15) is 6.42 Å². The molecule has 0 amide bonds. The maximum absolute atomic E-state index is 12.4. The third-order valence-corrected chi connectivity index (χ3v) is 6.71. The van der Waals surface area contributed by atoms with Crippen LogP contribution in [0.15, 0.2) is 23.4 Å². The van der Waals surface area contributed by atoms with Crippen molar-refractivity contribution in [3.05, 3.63) is 18.5 Å². The Hall–Kier alpha value is -1.39. The van der Waals surface area contributed by atoms with Gasteiger partial charge in [-0.3, -0.25) is 4.79 Å². The number of carboxylic acids is 1. The molecule has 2 rings (SSSR count). The SMILES string of the molecule is O=C(O)CC1CS(=O)(=O)CCN1S(=O)(=O)c1cc[nH]c1. The third kappa shape index (κ3) is 3.02. The summed E-state index contributed by atoms with van der Waals surface area (Å²) in [6, 6.07) is 0.266. The summed E-state index contributed by atoms with van der Waals surface area (Å²) in [6.07, 6.45) is 2.17. The van der Waals surface area contributed by atoms with E-state index in [1.54, 1.807) is 0 Å². The second-order valence-corrected chi connectivity index (χ2v) is 8.65. The molecule has 0 aromatic carbocycles. The van der Waals surface area contributed by atoms with Crippen molar-refractivity contribution in [3.8, 4) is 0 Å². The summed E-state index contributed by atoms with van der Waals surface area (Å²) in [7, 11) is -7.31. The van der Waals surface area contributed by atoms with Crippen LogP contribution in [0.3, 0.4) is 0 Å². The van der Waals surface area contributed by atoms with Gasteiger partial charge in [0.2, 0.25) is 10.0 Å². The first-order valence-corrected chi connectivity index (χ1v) is 9.05. The average molecular weight is 322 g/mol. The lowest BCUT2D eigenvalue weighted by Gasteiger charge is -2.33. The molecule has 1 saturated heterocycles. The molecule has 0 spiro atoms. The molecule has 1 atom stereocenters. The topological polar surface area (TPSA) is 125 Å². The van der Waals surface area contributed by atoms with Crippen LogP contribution >= 0.6 is 0 Å². The number of aromatic nitrogens is 1. The van der Waals surface area contributed by atoms with E-state index in [9.17, 15) is 21.6 Å². The van der Waals surface area contributed by atoms with Crippen LogP contribution in [0.4, 0.5) is 0 Å². The Kier molecular flexibility index (Phi) is 3.89. The largest absolute Gasteiger partial charge is 0.481 e. The summed E-state index contributed by atoms with van der Waals surface area (Å²) in [4.78, 5) is 13.4. The molecular weight excluding hydrogens is 308 g/mol. The number of H-pyrrole nitrogens is 1. The molecule has 0 bridgehead atoms. The Balaban J connectivity index is 2.36. The molecule has 0 aliphatic carbocycles. The lowest BCUT2D eigenvalue weighted by molar-refractivity contribution is -0.137. The van der Waals surface area contributed by atoms with Crippen molar-refractivity contribution >= 4 is 25.8 Å². The van der Waals surface area contributed by atoms with Gasteiger partial charge in [-0.2, -0.15) is 4.31 Å². The molecule has 0 saturated carbocycles. The van der Waals surface area contributed by atoms with E-state index in [2.05, 4.69) is 4.98 Å². The maximum Gasteiger partial charge on any atom is 0.305 e. The predicted molar refractivity (Wildman–Crippen MR) is 69.4 cm³/mol. The van der Waals surface area contributed by atoms with Gasteiger partial charge in [0.15, 0.2) is 9.84 Å². The standard InChI is InChI=1S/C10H14N2O6S2/c13-10(14)5-8-7-19(15,16)4-3-12(8)20(17,18)9-1-2-11-6-9/h1-2,6,8,11H,3-5,7H2,(H,13,14). The van der Waals surface area contributed by atoms with Crippen molar-refractivity contribution in [3.63, 3.8) is 0 Å². The fourth-order valence-corrected chi connectivity index (χ4v) is 5.49. The Morgan fingerprint density at radius 1 is 1.50 bits per heavy atom. The predicted octanol–water partition coefficient (Wildman–Crippen LogP) is -0.723. The number of nitrogens with zero attached hydrogens (tertiary/aromatic N) is 1. The first-order chi connectivity index (χ1) is 9.22. The van der Waals surface area contributed by atoms with Crippen LogP contribution in [-0.4, -0.2) is 61.3 Å². The summed E-state index contributed by atoms with van der Waals surface area (Å²) >= 11 is 0. The molecular formula is C10H14N2O6S2. The molecule has 20 heavy (non-hydrogen) atoms. The van der Waals surface area contributed by atoms with Crippen LogP contribution in [0.2, 0.25) is 0 Å². The monoisotopic (exact) mass is 322 g/mol. The number of nitrogens with one attached hydrogen (secondary N) is 1. The van der Waals surface area contributed by atoms with Gasteiger partial charge in [0.05, 0.1) is 22.8 Å². The molecule has 10 heteroatoms. The molecule has 1 aliphatic heterocycles. The normalized spacial score (nSPS) is 23.5. The molecule has 1 aliphatic rings. The van der Waals surface area contributed by atoms with Crippen molar-refractivity contribution in [1.29, 1.82) is 0 Å². The molecule has 1 unspecified atom stereocenters. The molecule has 1 fully saturated rings. The van der Waals surface area contributed by atoms with Crippen LogP contribution in [0.5, 0.6) is 0 Å². The van der Waals surface area contributed by atoms with Crippen LogP contribution in [-0.2, 0) is 24.7 Å². The lowest BCUT2D eigenvalue weighted by atomic mass is 10.2. The van der Waals surface area contributed by atoms with Crippen molar-refractivity contribution in [2.75, 3.05) is 18.1 Å². The van der Waals surface area contributed by atoms with Crippen molar-refractivity contribution in [2.24, 2.45) is 0 Å². The highest BCUT2D eigenvalue weighted by molar-refractivity contribution is 7.92. The van der Waals surface area contributed by atoms with Gasteiger partial charge in [-0.15, -0.1) is 0 Å². The maximum atomic E-state index is 12.4. The van der Waals surface area contributed by atoms with Crippen molar-refractivity contribution in [1.82, 2.24) is 9.29 Å². The van der Waals surface area contributed by atoms with E-state index in [0.29, 0.717) is 0 Å². The fraction of sp³-hybridized carbons (Fsp3) is 0.500. The van der Waals surface area contributed by atoms with Gasteiger partial charge >= 0.3 is 5.97 Å². The number of sulfone groups is 1. The van der Waals surface area contributed by atoms with Crippen molar-refractivity contribution < 1.29 is 26.7 Å². The van der Waals surface area contributed by atoms with Gasteiger partial charge in [0, 0.05) is 25.0 Å². The molecule has 1 aromatic heterocycles. The van der Waals surface area contributed by atoms with Gasteiger partial charge in [-0.05, 0) is 6.07 Å². The van der Waals surface area contributed by atoms with E-state index in [0.717, 1.165) is 4.31 Å². The summed E-state index contributed by atoms with van der Waals surface area (Å²) in [5.41, 5.74) is 0. The Labute approximate surface area is 116 Å². The van der Waals surface area contributed by atoms with E-state index < -0.39 is 44.0 Å². The second-order valence-electron chi connectivity index (χ2n) is 4.53. The van der Waals surface area contributed by atoms with Gasteiger partial charge in [0.25, 0.3) is 0 Å².